The molecule has 0 atom stereocenters. The number of carbonyl (C=O) groups is 1. The van der Waals surface area contributed by atoms with Crippen LogP contribution >= 0.6 is 0 Å². The summed E-state index contributed by atoms with van der Waals surface area (Å²) in [5.41, 5.74) is 0.212. The molecular formula is C10H7N3O5. The second-order valence-electron chi connectivity index (χ2n) is 3.50. The number of aromatic nitrogens is 2. The molecule has 1 heterocycles. The highest BCUT2D eigenvalue weighted by Crippen LogP contribution is 2.19. The molecule has 18 heavy (non-hydrogen) atoms. The molecule has 0 bridgehead atoms. The van der Waals surface area contributed by atoms with E-state index in [-0.39, 0.29) is 23.4 Å². The summed E-state index contributed by atoms with van der Waals surface area (Å²) in [6, 6.07) is 4.20. The van der Waals surface area contributed by atoms with Crippen molar-refractivity contribution < 1.29 is 24.0 Å². The number of carbonyl (C=O) groups excluding carboxylic acids is 1. The number of benzene rings is 1. The van der Waals surface area contributed by atoms with Gasteiger partial charge in [-0.15, -0.1) is 0 Å². The standard InChI is InChI=1S/C10H7N3O5/c1-6-2-3-7(4-8(6)13(16)17)12-9(5-14)10(15)18-11-12/h2-5H,1H3. The Kier molecular flexibility index (Phi) is 2.76. The van der Waals surface area contributed by atoms with Crippen LogP contribution in [0, 0.1) is 17.0 Å². The van der Waals surface area contributed by atoms with Gasteiger partial charge in [0.1, 0.15) is 0 Å². The van der Waals surface area contributed by atoms with Gasteiger partial charge in [0.25, 0.3) is 5.69 Å². The lowest BCUT2D eigenvalue weighted by Crippen LogP contribution is -2.36. The highest BCUT2D eigenvalue weighted by Gasteiger charge is 2.23. The van der Waals surface area contributed by atoms with Gasteiger partial charge in [0.05, 0.1) is 16.3 Å². The lowest BCUT2D eigenvalue weighted by Gasteiger charge is -1.96. The van der Waals surface area contributed by atoms with Crippen molar-refractivity contribution in [3.05, 3.63) is 39.6 Å². The third-order valence-electron chi connectivity index (χ3n) is 2.39. The summed E-state index contributed by atoms with van der Waals surface area (Å²) >= 11 is 0. The minimum atomic E-state index is -0.895. The molecule has 8 nitrogen and oxygen atoms in total. The Balaban J connectivity index is 2.61. The molecule has 0 saturated heterocycles. The number of nitro groups is 1. The number of nitro benzene ring substituents is 1. The zero-order valence-corrected chi connectivity index (χ0v) is 9.19. The van der Waals surface area contributed by atoms with E-state index in [1.54, 1.807) is 6.92 Å². The molecule has 1 aromatic heterocycles. The van der Waals surface area contributed by atoms with Crippen LogP contribution in [0.4, 0.5) is 5.69 Å². The molecule has 0 radical (unpaired) electrons. The van der Waals surface area contributed by atoms with Gasteiger partial charge in [0.2, 0.25) is 12.0 Å². The first-order valence-corrected chi connectivity index (χ1v) is 4.84. The van der Waals surface area contributed by atoms with E-state index in [1.807, 2.05) is 0 Å². The topological polar surface area (TPSA) is 113 Å². The van der Waals surface area contributed by atoms with Gasteiger partial charge in [-0.1, -0.05) is 0 Å². The van der Waals surface area contributed by atoms with Gasteiger partial charge in [0, 0.05) is 11.6 Å². The first kappa shape index (κ1) is 11.7. The van der Waals surface area contributed by atoms with Crippen LogP contribution in [0.3, 0.4) is 0 Å². The summed E-state index contributed by atoms with van der Waals surface area (Å²) < 4.78 is 5.25. The SMILES string of the molecule is Cc1ccc(-[n+]2noc([O-])c2C=O)cc1[N+](=O)[O-]. The van der Waals surface area contributed by atoms with Crippen LogP contribution in [-0.2, 0) is 0 Å². The predicted octanol–water partition coefficient (Wildman–Crippen LogP) is 0.0540. The maximum Gasteiger partial charge on any atom is 0.303 e. The molecule has 0 spiro atoms. The minimum Gasteiger partial charge on any atom is -0.539 e. The molecule has 0 aliphatic carbocycles. The molecule has 92 valence electrons. The Labute approximate surface area is 100 Å². The van der Waals surface area contributed by atoms with Crippen LogP contribution in [0.25, 0.3) is 5.69 Å². The van der Waals surface area contributed by atoms with Crippen LogP contribution in [0.15, 0.2) is 22.7 Å². The van der Waals surface area contributed by atoms with Gasteiger partial charge >= 0.3 is 5.69 Å². The third kappa shape index (κ3) is 1.79. The molecule has 2 rings (SSSR count). The average Bonchev–Trinajstić information content (AvgIpc) is 2.70. The summed E-state index contributed by atoms with van der Waals surface area (Å²) in [4.78, 5) is 20.9. The molecule has 2 aromatic rings. The maximum absolute atomic E-state index is 11.1. The zero-order chi connectivity index (χ0) is 13.3. The summed E-state index contributed by atoms with van der Waals surface area (Å²) in [7, 11) is 0. The first-order chi connectivity index (χ1) is 8.54. The molecule has 0 unspecified atom stereocenters. The average molecular weight is 249 g/mol. The van der Waals surface area contributed by atoms with Crippen LogP contribution < -0.4 is 9.79 Å². The van der Waals surface area contributed by atoms with Crippen LogP contribution in [-0.4, -0.2) is 16.5 Å². The van der Waals surface area contributed by atoms with Crippen molar-refractivity contribution in [2.24, 2.45) is 0 Å². The predicted molar refractivity (Wildman–Crippen MR) is 54.3 cm³/mol. The number of hydrogen-bond acceptors (Lipinski definition) is 6. The number of aryl methyl sites for hydroxylation is 1. The highest BCUT2D eigenvalue weighted by molar-refractivity contribution is 5.72. The second-order valence-corrected chi connectivity index (χ2v) is 3.50. The molecule has 0 N–H and O–H groups in total. The van der Waals surface area contributed by atoms with Crippen molar-refractivity contribution in [3.63, 3.8) is 0 Å². The molecule has 0 fully saturated rings. The van der Waals surface area contributed by atoms with Gasteiger partial charge in [-0.25, -0.2) is 0 Å². The smallest absolute Gasteiger partial charge is 0.303 e. The van der Waals surface area contributed by atoms with Gasteiger partial charge in [0.15, 0.2) is 5.95 Å². The summed E-state index contributed by atoms with van der Waals surface area (Å²) in [6.07, 6.45) is 0.282. The molecule has 0 saturated carbocycles. The number of nitrogens with zero attached hydrogens (tertiary/aromatic N) is 3. The third-order valence-corrected chi connectivity index (χ3v) is 2.39. The molecule has 1 aromatic carbocycles. The number of aldehydes is 1. The van der Waals surface area contributed by atoms with E-state index in [0.29, 0.717) is 5.56 Å². The second kappa shape index (κ2) is 4.24. The van der Waals surface area contributed by atoms with Gasteiger partial charge in [-0.3, -0.25) is 14.9 Å². The lowest BCUT2D eigenvalue weighted by atomic mass is 10.2. The fraction of sp³-hybridized carbons (Fsp3) is 0.100. The largest absolute Gasteiger partial charge is 0.539 e. The zero-order valence-electron chi connectivity index (χ0n) is 9.19. The van der Waals surface area contributed by atoms with E-state index >= 15 is 0 Å². The van der Waals surface area contributed by atoms with Crippen molar-refractivity contribution in [3.8, 4) is 11.6 Å². The first-order valence-electron chi connectivity index (χ1n) is 4.84. The van der Waals surface area contributed by atoms with Gasteiger partial charge in [-0.2, -0.15) is 0 Å². The van der Waals surface area contributed by atoms with Gasteiger partial charge < -0.3 is 9.63 Å². The number of hydrogen-bond donors (Lipinski definition) is 0. The van der Waals surface area contributed by atoms with E-state index in [4.69, 9.17) is 0 Å². The maximum atomic E-state index is 11.1. The Morgan fingerprint density at radius 1 is 1.50 bits per heavy atom. The summed E-state index contributed by atoms with van der Waals surface area (Å²) in [5.74, 6) is -0.895. The Bertz CT molecular complexity index is 634. The fourth-order valence-corrected chi connectivity index (χ4v) is 1.47. The van der Waals surface area contributed by atoms with Crippen LogP contribution in [0.5, 0.6) is 5.95 Å². The monoisotopic (exact) mass is 249 g/mol. The Morgan fingerprint density at radius 2 is 2.22 bits per heavy atom. The normalized spacial score (nSPS) is 10.3. The molecule has 0 aliphatic rings. The minimum absolute atomic E-state index is 0.132. The van der Waals surface area contributed by atoms with Crippen LogP contribution in [0.1, 0.15) is 16.1 Å². The van der Waals surface area contributed by atoms with Crippen molar-refractivity contribution in [2.75, 3.05) is 0 Å². The molecule has 8 heteroatoms. The Morgan fingerprint density at radius 3 is 2.83 bits per heavy atom. The van der Waals surface area contributed by atoms with Crippen molar-refractivity contribution in [2.45, 2.75) is 6.92 Å². The van der Waals surface area contributed by atoms with E-state index in [0.717, 1.165) is 4.68 Å². The lowest BCUT2D eigenvalue weighted by molar-refractivity contribution is -0.671. The van der Waals surface area contributed by atoms with E-state index in [9.17, 15) is 20.0 Å². The quantitative estimate of drug-likeness (QED) is 0.329. The summed E-state index contributed by atoms with van der Waals surface area (Å²) in [6.45, 7) is 1.58. The molecular weight excluding hydrogens is 242 g/mol. The highest BCUT2D eigenvalue weighted by atomic mass is 16.6. The number of rotatable bonds is 3. The molecule has 0 amide bonds. The van der Waals surface area contributed by atoms with Crippen LogP contribution in [0.2, 0.25) is 0 Å². The summed E-state index contributed by atoms with van der Waals surface area (Å²) in [5, 5.41) is 25.3. The molecule has 0 aliphatic heterocycles. The van der Waals surface area contributed by atoms with E-state index in [1.165, 1.54) is 18.2 Å². The van der Waals surface area contributed by atoms with E-state index < -0.39 is 10.9 Å². The van der Waals surface area contributed by atoms with Crippen molar-refractivity contribution in [1.29, 1.82) is 0 Å². The Hall–Kier alpha value is -2.77. The van der Waals surface area contributed by atoms with E-state index in [2.05, 4.69) is 9.79 Å². The van der Waals surface area contributed by atoms with Gasteiger partial charge in [-0.05, 0) is 17.7 Å². The van der Waals surface area contributed by atoms with Crippen molar-refractivity contribution in [1.82, 2.24) is 5.27 Å². The van der Waals surface area contributed by atoms with Crippen molar-refractivity contribution >= 4 is 12.0 Å². The fourth-order valence-electron chi connectivity index (χ4n) is 1.47.